The third kappa shape index (κ3) is 3.72. The maximum absolute atomic E-state index is 14.3. The molecule has 0 aromatic heterocycles. The third-order valence-electron chi connectivity index (χ3n) is 4.16. The van der Waals surface area contributed by atoms with Gasteiger partial charge in [-0.3, -0.25) is 14.5 Å². The first-order valence-electron chi connectivity index (χ1n) is 8.18. The van der Waals surface area contributed by atoms with Gasteiger partial charge in [0.05, 0.1) is 12.1 Å². The Morgan fingerprint density at radius 3 is 2.46 bits per heavy atom. The number of hydrogen-bond acceptors (Lipinski definition) is 3. The van der Waals surface area contributed by atoms with Crippen LogP contribution in [-0.2, 0) is 4.79 Å². The Morgan fingerprint density at radius 2 is 1.85 bits per heavy atom. The van der Waals surface area contributed by atoms with Crippen LogP contribution in [0.1, 0.15) is 15.9 Å². The smallest absolute Gasteiger partial charge is 0.324 e. The molecular formula is C19H18FN3O3. The van der Waals surface area contributed by atoms with Gasteiger partial charge in [-0.15, -0.1) is 0 Å². The lowest BCUT2D eigenvalue weighted by Crippen LogP contribution is -2.38. The third-order valence-corrected chi connectivity index (χ3v) is 4.16. The molecule has 2 aromatic rings. The monoisotopic (exact) mass is 355 g/mol. The Bertz CT molecular complexity index is 849. The van der Waals surface area contributed by atoms with Crippen molar-refractivity contribution in [3.8, 4) is 11.1 Å². The van der Waals surface area contributed by atoms with E-state index in [9.17, 15) is 18.8 Å². The van der Waals surface area contributed by atoms with E-state index in [4.69, 9.17) is 0 Å². The highest BCUT2D eigenvalue weighted by Crippen LogP contribution is 2.22. The lowest BCUT2D eigenvalue weighted by atomic mass is 10.0. The zero-order valence-electron chi connectivity index (χ0n) is 14.2. The predicted octanol–water partition coefficient (Wildman–Crippen LogP) is 2.08. The molecule has 0 radical (unpaired) electrons. The van der Waals surface area contributed by atoms with Crippen LogP contribution in [0.25, 0.3) is 11.1 Å². The fourth-order valence-corrected chi connectivity index (χ4v) is 2.68. The number of nitrogens with zero attached hydrogens (tertiary/aromatic N) is 1. The first-order valence-corrected chi connectivity index (χ1v) is 8.18. The molecule has 0 atom stereocenters. The van der Waals surface area contributed by atoms with Gasteiger partial charge in [-0.2, -0.15) is 0 Å². The quantitative estimate of drug-likeness (QED) is 0.806. The van der Waals surface area contributed by atoms with Crippen molar-refractivity contribution >= 4 is 17.8 Å². The Morgan fingerprint density at radius 1 is 1.15 bits per heavy atom. The standard InChI is InChI=1S/C19H18FN3O3/c1-12-2-4-13(5-3-12)14-6-7-15(16(20)10-14)18(25)21-8-9-23-17(24)11-22-19(23)26/h2-7,10H,8-9,11H2,1H3,(H,21,25)(H,22,26). The average Bonchev–Trinajstić information content (AvgIpc) is 2.94. The average molecular weight is 355 g/mol. The molecule has 6 nitrogen and oxygen atoms in total. The highest BCUT2D eigenvalue weighted by atomic mass is 19.1. The van der Waals surface area contributed by atoms with E-state index >= 15 is 0 Å². The number of aryl methyl sites for hydroxylation is 1. The number of urea groups is 1. The Kier molecular flexibility index (Phi) is 4.97. The molecule has 26 heavy (non-hydrogen) atoms. The van der Waals surface area contributed by atoms with Gasteiger partial charge < -0.3 is 10.6 Å². The summed E-state index contributed by atoms with van der Waals surface area (Å²) >= 11 is 0. The van der Waals surface area contributed by atoms with Gasteiger partial charge >= 0.3 is 6.03 Å². The first kappa shape index (κ1) is 17.6. The number of rotatable bonds is 5. The van der Waals surface area contributed by atoms with Gasteiger partial charge in [0.2, 0.25) is 5.91 Å². The van der Waals surface area contributed by atoms with Crippen molar-refractivity contribution in [1.82, 2.24) is 15.5 Å². The lowest BCUT2D eigenvalue weighted by molar-refractivity contribution is -0.124. The fraction of sp³-hybridized carbons (Fsp3) is 0.211. The predicted molar refractivity (Wildman–Crippen MR) is 94.0 cm³/mol. The van der Waals surface area contributed by atoms with E-state index in [1.807, 2.05) is 31.2 Å². The summed E-state index contributed by atoms with van der Waals surface area (Å²) in [6, 6.07) is 11.6. The SMILES string of the molecule is Cc1ccc(-c2ccc(C(=O)NCCN3C(=O)CNC3=O)c(F)c2)cc1. The van der Waals surface area contributed by atoms with E-state index in [0.29, 0.717) is 5.56 Å². The van der Waals surface area contributed by atoms with Crippen LogP contribution in [0.15, 0.2) is 42.5 Å². The zero-order valence-corrected chi connectivity index (χ0v) is 14.2. The molecule has 4 amide bonds. The van der Waals surface area contributed by atoms with Crippen LogP contribution in [0.5, 0.6) is 0 Å². The molecule has 1 aliphatic rings. The van der Waals surface area contributed by atoms with Crippen molar-refractivity contribution < 1.29 is 18.8 Å². The van der Waals surface area contributed by atoms with Crippen molar-refractivity contribution in [3.05, 3.63) is 59.4 Å². The van der Waals surface area contributed by atoms with Crippen molar-refractivity contribution in [2.24, 2.45) is 0 Å². The second kappa shape index (κ2) is 7.35. The number of imide groups is 1. The van der Waals surface area contributed by atoms with Crippen LogP contribution in [0, 0.1) is 12.7 Å². The summed E-state index contributed by atoms with van der Waals surface area (Å²) < 4.78 is 14.3. The van der Waals surface area contributed by atoms with Crippen LogP contribution in [0.4, 0.5) is 9.18 Å². The van der Waals surface area contributed by atoms with E-state index in [0.717, 1.165) is 16.0 Å². The number of halogens is 1. The second-order valence-electron chi connectivity index (χ2n) is 6.02. The molecule has 0 aliphatic carbocycles. The maximum atomic E-state index is 14.3. The lowest BCUT2D eigenvalue weighted by Gasteiger charge is -2.13. The largest absolute Gasteiger partial charge is 0.350 e. The molecule has 1 aliphatic heterocycles. The molecule has 134 valence electrons. The highest BCUT2D eigenvalue weighted by Gasteiger charge is 2.27. The highest BCUT2D eigenvalue weighted by molar-refractivity contribution is 6.02. The molecule has 1 saturated heterocycles. The number of nitrogens with one attached hydrogen (secondary N) is 2. The minimum absolute atomic E-state index is 0.0398. The molecule has 1 fully saturated rings. The summed E-state index contributed by atoms with van der Waals surface area (Å²) in [5.41, 5.74) is 2.56. The van der Waals surface area contributed by atoms with Crippen LogP contribution >= 0.6 is 0 Å². The van der Waals surface area contributed by atoms with E-state index in [-0.39, 0.29) is 31.1 Å². The molecule has 0 unspecified atom stereocenters. The summed E-state index contributed by atoms with van der Waals surface area (Å²) in [4.78, 5) is 36.0. The van der Waals surface area contributed by atoms with Gasteiger partial charge in [0, 0.05) is 13.1 Å². The van der Waals surface area contributed by atoms with E-state index in [1.54, 1.807) is 6.07 Å². The number of benzene rings is 2. The summed E-state index contributed by atoms with van der Waals surface area (Å²) in [6.45, 7) is 2.02. The molecule has 2 aromatic carbocycles. The minimum Gasteiger partial charge on any atom is -0.350 e. The fourth-order valence-electron chi connectivity index (χ4n) is 2.68. The van der Waals surface area contributed by atoms with Gasteiger partial charge in [-0.1, -0.05) is 35.9 Å². The van der Waals surface area contributed by atoms with Gasteiger partial charge in [-0.05, 0) is 30.2 Å². The van der Waals surface area contributed by atoms with Crippen molar-refractivity contribution in [2.75, 3.05) is 19.6 Å². The maximum Gasteiger partial charge on any atom is 0.324 e. The van der Waals surface area contributed by atoms with Crippen LogP contribution < -0.4 is 10.6 Å². The first-order chi connectivity index (χ1) is 12.5. The number of hydrogen-bond donors (Lipinski definition) is 2. The second-order valence-corrected chi connectivity index (χ2v) is 6.02. The molecule has 0 spiro atoms. The minimum atomic E-state index is -0.629. The number of carbonyl (C=O) groups is 3. The molecule has 0 saturated carbocycles. The molecule has 2 N–H and O–H groups in total. The van der Waals surface area contributed by atoms with Crippen LogP contribution in [0.3, 0.4) is 0 Å². The van der Waals surface area contributed by atoms with Gasteiger partial charge in [0.1, 0.15) is 5.82 Å². The number of carbonyl (C=O) groups excluding carboxylic acids is 3. The van der Waals surface area contributed by atoms with Crippen LogP contribution in [0.2, 0.25) is 0 Å². The molecule has 7 heteroatoms. The van der Waals surface area contributed by atoms with E-state index < -0.39 is 17.8 Å². The molecule has 0 bridgehead atoms. The Balaban J connectivity index is 1.63. The normalized spacial score (nSPS) is 13.7. The van der Waals surface area contributed by atoms with Crippen molar-refractivity contribution in [2.45, 2.75) is 6.92 Å². The molecule has 3 rings (SSSR count). The molecular weight excluding hydrogens is 337 g/mol. The van der Waals surface area contributed by atoms with Crippen LogP contribution in [-0.4, -0.2) is 42.4 Å². The van der Waals surface area contributed by atoms with E-state index in [1.165, 1.54) is 12.1 Å². The Hall–Kier alpha value is -3.22. The topological polar surface area (TPSA) is 78.5 Å². The summed E-state index contributed by atoms with van der Waals surface area (Å²) in [5.74, 6) is -1.57. The van der Waals surface area contributed by atoms with Gasteiger partial charge in [0.25, 0.3) is 5.91 Å². The molecule has 1 heterocycles. The number of amides is 4. The zero-order chi connectivity index (χ0) is 18.7. The van der Waals surface area contributed by atoms with E-state index in [2.05, 4.69) is 10.6 Å². The van der Waals surface area contributed by atoms with Crippen molar-refractivity contribution in [3.63, 3.8) is 0 Å². The van der Waals surface area contributed by atoms with Gasteiger partial charge in [0.15, 0.2) is 0 Å². The summed E-state index contributed by atoms with van der Waals surface area (Å²) in [5, 5.41) is 4.91. The Labute approximate surface area is 150 Å². The summed E-state index contributed by atoms with van der Waals surface area (Å²) in [6.07, 6.45) is 0. The summed E-state index contributed by atoms with van der Waals surface area (Å²) in [7, 11) is 0. The van der Waals surface area contributed by atoms with Crippen molar-refractivity contribution in [1.29, 1.82) is 0 Å². The van der Waals surface area contributed by atoms with Gasteiger partial charge in [-0.25, -0.2) is 9.18 Å².